The van der Waals surface area contributed by atoms with E-state index in [1.54, 1.807) is 17.9 Å². The summed E-state index contributed by atoms with van der Waals surface area (Å²) in [6.07, 6.45) is -4.47. The standard InChI is InChI=1S/C24H25F3N4O/c1-16-20(23(32)31-13-11-30(2)12-14-31)21(18-9-6-10-19(15-18)24(25,26)27)29-22(28-16)17-7-4-3-5-8-17/h3-10,15,21H,11-14H2,1-2H3,(H,28,29). The second-order valence-electron chi connectivity index (χ2n) is 8.12. The van der Waals surface area contributed by atoms with Crippen LogP contribution in [0.25, 0.3) is 0 Å². The van der Waals surface area contributed by atoms with E-state index >= 15 is 0 Å². The van der Waals surface area contributed by atoms with Gasteiger partial charge in [0.15, 0.2) is 0 Å². The average molecular weight is 442 g/mol. The minimum atomic E-state index is -4.47. The van der Waals surface area contributed by atoms with Crippen LogP contribution in [0.2, 0.25) is 0 Å². The summed E-state index contributed by atoms with van der Waals surface area (Å²) in [5.41, 5.74) is 1.32. The Bertz CT molecular complexity index is 1050. The largest absolute Gasteiger partial charge is 0.416 e. The normalized spacial score (nSPS) is 20.1. The minimum absolute atomic E-state index is 0.193. The molecule has 2 aliphatic heterocycles. The Morgan fingerprint density at radius 2 is 1.72 bits per heavy atom. The number of alkyl halides is 3. The molecule has 1 fully saturated rings. The van der Waals surface area contributed by atoms with Crippen molar-refractivity contribution >= 4 is 11.7 Å². The number of carbonyl (C=O) groups is 1. The van der Waals surface area contributed by atoms with Gasteiger partial charge in [0.1, 0.15) is 5.84 Å². The number of allylic oxidation sites excluding steroid dienone is 1. The molecule has 1 saturated heterocycles. The Morgan fingerprint density at radius 3 is 2.38 bits per heavy atom. The number of amidine groups is 1. The number of rotatable bonds is 3. The number of piperazine rings is 1. The Labute approximate surface area is 185 Å². The summed E-state index contributed by atoms with van der Waals surface area (Å²) in [6, 6.07) is 13.7. The third-order valence-corrected chi connectivity index (χ3v) is 5.85. The molecule has 5 nitrogen and oxygen atoms in total. The number of carbonyl (C=O) groups excluding carboxylic acids is 1. The first-order valence-corrected chi connectivity index (χ1v) is 10.5. The molecule has 8 heteroatoms. The molecule has 2 aromatic rings. The molecular weight excluding hydrogens is 417 g/mol. The van der Waals surface area contributed by atoms with Gasteiger partial charge in [-0.1, -0.05) is 42.5 Å². The van der Waals surface area contributed by atoms with Crippen molar-refractivity contribution in [3.8, 4) is 0 Å². The fraction of sp³-hybridized carbons (Fsp3) is 0.333. The number of nitrogens with one attached hydrogen (secondary N) is 1. The molecule has 4 rings (SSSR count). The van der Waals surface area contributed by atoms with Gasteiger partial charge in [0.2, 0.25) is 0 Å². The SMILES string of the molecule is CC1=C(C(=O)N2CCN(C)CC2)C(c2cccc(C(F)(F)F)c2)NC(c2ccccc2)=N1. The number of likely N-dealkylation sites (N-methyl/N-ethyl adjacent to an activating group) is 1. The van der Waals surface area contributed by atoms with Gasteiger partial charge in [0.05, 0.1) is 22.9 Å². The van der Waals surface area contributed by atoms with Gasteiger partial charge in [-0.2, -0.15) is 13.2 Å². The molecule has 2 aromatic carbocycles. The Kier molecular flexibility index (Phi) is 6.06. The lowest BCUT2D eigenvalue weighted by molar-refractivity contribution is -0.137. The van der Waals surface area contributed by atoms with Crippen LogP contribution in [0.3, 0.4) is 0 Å². The Hall–Kier alpha value is -3.13. The number of hydrogen-bond acceptors (Lipinski definition) is 4. The highest BCUT2D eigenvalue weighted by Gasteiger charge is 2.36. The maximum Gasteiger partial charge on any atom is 0.416 e. The van der Waals surface area contributed by atoms with Crippen molar-refractivity contribution in [1.82, 2.24) is 15.1 Å². The maximum absolute atomic E-state index is 13.5. The van der Waals surface area contributed by atoms with Gasteiger partial charge in [-0.05, 0) is 31.7 Å². The lowest BCUT2D eigenvalue weighted by atomic mass is 9.92. The maximum atomic E-state index is 13.5. The van der Waals surface area contributed by atoms with Gasteiger partial charge in [-0.3, -0.25) is 4.79 Å². The number of benzene rings is 2. The van der Waals surface area contributed by atoms with Crippen LogP contribution in [0.1, 0.15) is 29.7 Å². The van der Waals surface area contributed by atoms with Crippen LogP contribution in [-0.4, -0.2) is 54.8 Å². The molecular formula is C24H25F3N4O. The molecule has 1 N–H and O–H groups in total. The van der Waals surface area contributed by atoms with E-state index in [2.05, 4.69) is 15.2 Å². The Balaban J connectivity index is 1.77. The van der Waals surface area contributed by atoms with Crippen molar-refractivity contribution in [2.24, 2.45) is 4.99 Å². The zero-order chi connectivity index (χ0) is 22.9. The summed E-state index contributed by atoms with van der Waals surface area (Å²) < 4.78 is 40.2. The van der Waals surface area contributed by atoms with E-state index in [9.17, 15) is 18.0 Å². The van der Waals surface area contributed by atoms with E-state index in [-0.39, 0.29) is 5.91 Å². The van der Waals surface area contributed by atoms with Gasteiger partial charge >= 0.3 is 6.18 Å². The fourth-order valence-corrected chi connectivity index (χ4v) is 4.02. The van der Waals surface area contributed by atoms with Gasteiger partial charge in [0.25, 0.3) is 5.91 Å². The highest BCUT2D eigenvalue weighted by atomic mass is 19.4. The van der Waals surface area contributed by atoms with Crippen LogP contribution in [0.15, 0.2) is 70.9 Å². The molecule has 0 aliphatic carbocycles. The predicted octanol–water partition coefficient (Wildman–Crippen LogP) is 3.84. The summed E-state index contributed by atoms with van der Waals surface area (Å²) in [4.78, 5) is 22.0. The second kappa shape index (κ2) is 8.78. The summed E-state index contributed by atoms with van der Waals surface area (Å²) >= 11 is 0. The van der Waals surface area contributed by atoms with E-state index in [4.69, 9.17) is 0 Å². The third kappa shape index (κ3) is 4.55. The molecule has 0 spiro atoms. The first-order chi connectivity index (χ1) is 15.2. The van der Waals surface area contributed by atoms with Crippen molar-refractivity contribution in [3.05, 3.63) is 82.6 Å². The summed E-state index contributed by atoms with van der Waals surface area (Å²) in [5.74, 6) is 0.335. The molecule has 0 bridgehead atoms. The second-order valence-corrected chi connectivity index (χ2v) is 8.12. The van der Waals surface area contributed by atoms with Crippen LogP contribution in [0.5, 0.6) is 0 Å². The van der Waals surface area contributed by atoms with Crippen molar-refractivity contribution in [3.63, 3.8) is 0 Å². The minimum Gasteiger partial charge on any atom is -0.358 e. The molecule has 0 saturated carbocycles. The highest BCUT2D eigenvalue weighted by molar-refractivity contribution is 6.04. The predicted molar refractivity (Wildman–Crippen MR) is 117 cm³/mol. The van der Waals surface area contributed by atoms with Gasteiger partial charge < -0.3 is 15.1 Å². The van der Waals surface area contributed by atoms with Crippen molar-refractivity contribution < 1.29 is 18.0 Å². The molecule has 0 aromatic heterocycles. The molecule has 32 heavy (non-hydrogen) atoms. The first-order valence-electron chi connectivity index (χ1n) is 10.5. The quantitative estimate of drug-likeness (QED) is 0.786. The van der Waals surface area contributed by atoms with Crippen molar-refractivity contribution in [2.45, 2.75) is 19.1 Å². The molecule has 1 unspecified atom stereocenters. The molecule has 2 aliphatic rings. The zero-order valence-corrected chi connectivity index (χ0v) is 18.0. The van der Waals surface area contributed by atoms with E-state index in [1.165, 1.54) is 6.07 Å². The van der Waals surface area contributed by atoms with Gasteiger partial charge in [-0.15, -0.1) is 0 Å². The number of hydrogen-bond donors (Lipinski definition) is 1. The molecule has 168 valence electrons. The summed E-state index contributed by atoms with van der Waals surface area (Å²) in [7, 11) is 2.00. The monoisotopic (exact) mass is 442 g/mol. The van der Waals surface area contributed by atoms with Crippen LogP contribution >= 0.6 is 0 Å². The lowest BCUT2D eigenvalue weighted by Gasteiger charge is -2.36. The summed E-state index contributed by atoms with van der Waals surface area (Å²) in [6.45, 7) is 4.37. The van der Waals surface area contributed by atoms with Gasteiger partial charge in [0, 0.05) is 31.7 Å². The number of nitrogens with zero attached hydrogens (tertiary/aromatic N) is 3. The zero-order valence-electron chi connectivity index (χ0n) is 18.0. The third-order valence-electron chi connectivity index (χ3n) is 5.85. The number of halogens is 3. The van der Waals surface area contributed by atoms with Crippen LogP contribution in [0.4, 0.5) is 13.2 Å². The molecule has 1 atom stereocenters. The smallest absolute Gasteiger partial charge is 0.358 e. The molecule has 2 heterocycles. The van der Waals surface area contributed by atoms with Crippen LogP contribution in [0, 0.1) is 0 Å². The number of aliphatic imine (C=N–C) groups is 1. The molecule has 1 amide bonds. The first kappa shape index (κ1) is 22.1. The summed E-state index contributed by atoms with van der Waals surface area (Å²) in [5, 5.41) is 3.24. The lowest BCUT2D eigenvalue weighted by Crippen LogP contribution is -2.49. The fourth-order valence-electron chi connectivity index (χ4n) is 4.02. The van der Waals surface area contributed by atoms with Gasteiger partial charge in [-0.25, -0.2) is 4.99 Å². The van der Waals surface area contributed by atoms with Crippen molar-refractivity contribution in [2.75, 3.05) is 33.2 Å². The van der Waals surface area contributed by atoms with Crippen LogP contribution in [-0.2, 0) is 11.0 Å². The highest BCUT2D eigenvalue weighted by Crippen LogP contribution is 2.35. The van der Waals surface area contributed by atoms with E-state index in [0.29, 0.717) is 35.8 Å². The van der Waals surface area contributed by atoms with Crippen molar-refractivity contribution in [1.29, 1.82) is 0 Å². The number of amides is 1. The average Bonchev–Trinajstić information content (AvgIpc) is 2.79. The van der Waals surface area contributed by atoms with Crippen LogP contribution < -0.4 is 5.32 Å². The Morgan fingerprint density at radius 1 is 1.03 bits per heavy atom. The molecule has 0 radical (unpaired) electrons. The van der Waals surface area contributed by atoms with E-state index < -0.39 is 17.8 Å². The van der Waals surface area contributed by atoms with E-state index in [0.717, 1.165) is 30.8 Å². The van der Waals surface area contributed by atoms with E-state index in [1.807, 2.05) is 37.4 Å². The topological polar surface area (TPSA) is 47.9 Å².